The summed E-state index contributed by atoms with van der Waals surface area (Å²) in [7, 11) is 0. The smallest absolute Gasteiger partial charge is 0.302 e. The molecule has 0 aromatic heterocycles. The average Bonchev–Trinajstić information content (AvgIpc) is 2.39. The second kappa shape index (κ2) is 4.13. The van der Waals surface area contributed by atoms with E-state index in [1.54, 1.807) is 0 Å². The Hall–Kier alpha value is -0.830. The van der Waals surface area contributed by atoms with Crippen molar-refractivity contribution in [2.24, 2.45) is 0 Å². The standard InChI is InChI=1S/C8H12O3/c1-7(9)11-5-3-8-2-4-10-6-8/h3H,2,4-6H2,1H3/b8-3-. The molecule has 1 rings (SSSR count). The van der Waals surface area contributed by atoms with Crippen molar-refractivity contribution in [3.8, 4) is 0 Å². The van der Waals surface area contributed by atoms with Crippen molar-refractivity contribution in [2.45, 2.75) is 13.3 Å². The molecule has 1 aliphatic rings. The third-order valence-corrected chi connectivity index (χ3v) is 1.51. The summed E-state index contributed by atoms with van der Waals surface area (Å²) in [6.07, 6.45) is 2.88. The third-order valence-electron chi connectivity index (χ3n) is 1.51. The van der Waals surface area contributed by atoms with Crippen LogP contribution in [0.25, 0.3) is 0 Å². The van der Waals surface area contributed by atoms with E-state index in [9.17, 15) is 4.79 Å². The van der Waals surface area contributed by atoms with Gasteiger partial charge in [-0.15, -0.1) is 0 Å². The van der Waals surface area contributed by atoms with E-state index in [4.69, 9.17) is 9.47 Å². The molecule has 0 N–H and O–H groups in total. The second-order valence-corrected chi connectivity index (χ2v) is 2.47. The average molecular weight is 156 g/mol. The van der Waals surface area contributed by atoms with Gasteiger partial charge in [0, 0.05) is 6.92 Å². The lowest BCUT2D eigenvalue weighted by molar-refractivity contribution is -0.139. The highest BCUT2D eigenvalue weighted by atomic mass is 16.5. The van der Waals surface area contributed by atoms with Gasteiger partial charge in [0.1, 0.15) is 6.61 Å². The molecule has 0 aromatic carbocycles. The van der Waals surface area contributed by atoms with E-state index in [-0.39, 0.29) is 5.97 Å². The largest absolute Gasteiger partial charge is 0.462 e. The Labute approximate surface area is 66.0 Å². The van der Waals surface area contributed by atoms with Crippen molar-refractivity contribution in [1.29, 1.82) is 0 Å². The molecule has 62 valence electrons. The maximum absolute atomic E-state index is 10.3. The van der Waals surface area contributed by atoms with Gasteiger partial charge < -0.3 is 9.47 Å². The van der Waals surface area contributed by atoms with E-state index >= 15 is 0 Å². The Bertz CT molecular complexity index is 164. The first-order valence-electron chi connectivity index (χ1n) is 3.68. The predicted molar refractivity (Wildman–Crippen MR) is 40.2 cm³/mol. The molecular weight excluding hydrogens is 144 g/mol. The molecule has 0 saturated carbocycles. The summed E-state index contributed by atoms with van der Waals surface area (Å²) in [5.41, 5.74) is 1.23. The summed E-state index contributed by atoms with van der Waals surface area (Å²) in [6.45, 7) is 3.28. The Morgan fingerprint density at radius 3 is 3.18 bits per heavy atom. The topological polar surface area (TPSA) is 35.5 Å². The van der Waals surface area contributed by atoms with Crippen LogP contribution in [0.4, 0.5) is 0 Å². The van der Waals surface area contributed by atoms with Crippen LogP contribution >= 0.6 is 0 Å². The molecule has 0 radical (unpaired) electrons. The number of hydrogen-bond acceptors (Lipinski definition) is 3. The molecule has 1 aliphatic heterocycles. The highest BCUT2D eigenvalue weighted by molar-refractivity contribution is 5.66. The molecule has 0 aromatic rings. The lowest BCUT2D eigenvalue weighted by atomic mass is 10.2. The fourth-order valence-corrected chi connectivity index (χ4v) is 0.917. The highest BCUT2D eigenvalue weighted by Gasteiger charge is 2.05. The zero-order valence-electron chi connectivity index (χ0n) is 6.63. The van der Waals surface area contributed by atoms with Crippen LogP contribution in [0.1, 0.15) is 13.3 Å². The molecule has 0 amide bonds. The predicted octanol–water partition coefficient (Wildman–Crippen LogP) is 0.896. The maximum atomic E-state index is 10.3. The van der Waals surface area contributed by atoms with Gasteiger partial charge in [-0.3, -0.25) is 4.79 Å². The normalized spacial score (nSPS) is 20.6. The number of carbonyl (C=O) groups excluding carboxylic acids is 1. The van der Waals surface area contributed by atoms with E-state index in [1.807, 2.05) is 6.08 Å². The molecule has 3 nitrogen and oxygen atoms in total. The van der Waals surface area contributed by atoms with Crippen molar-refractivity contribution in [1.82, 2.24) is 0 Å². The lowest BCUT2D eigenvalue weighted by Crippen LogP contribution is -1.98. The Balaban J connectivity index is 2.18. The molecule has 1 saturated heterocycles. The summed E-state index contributed by atoms with van der Waals surface area (Å²) < 4.78 is 9.84. The van der Waals surface area contributed by atoms with Gasteiger partial charge in [-0.25, -0.2) is 0 Å². The SMILES string of the molecule is CC(=O)OC/C=C1/CCOC1. The van der Waals surface area contributed by atoms with Crippen molar-refractivity contribution < 1.29 is 14.3 Å². The molecule has 0 aliphatic carbocycles. The molecule has 1 fully saturated rings. The van der Waals surface area contributed by atoms with E-state index in [0.717, 1.165) is 13.0 Å². The van der Waals surface area contributed by atoms with Gasteiger partial charge in [0.2, 0.25) is 0 Å². The van der Waals surface area contributed by atoms with Gasteiger partial charge in [-0.05, 0) is 18.1 Å². The van der Waals surface area contributed by atoms with Gasteiger partial charge in [-0.1, -0.05) is 0 Å². The van der Waals surface area contributed by atoms with Crippen LogP contribution in [-0.2, 0) is 14.3 Å². The summed E-state index contributed by atoms with van der Waals surface area (Å²) in [5, 5.41) is 0. The van der Waals surface area contributed by atoms with Crippen LogP contribution in [-0.4, -0.2) is 25.8 Å². The van der Waals surface area contributed by atoms with Crippen molar-refractivity contribution >= 4 is 5.97 Å². The van der Waals surface area contributed by atoms with Crippen molar-refractivity contribution in [3.05, 3.63) is 11.6 Å². The van der Waals surface area contributed by atoms with Gasteiger partial charge in [0.15, 0.2) is 0 Å². The number of esters is 1. The zero-order chi connectivity index (χ0) is 8.10. The highest BCUT2D eigenvalue weighted by Crippen LogP contribution is 2.09. The quantitative estimate of drug-likeness (QED) is 0.440. The number of rotatable bonds is 2. The van der Waals surface area contributed by atoms with Gasteiger partial charge in [0.25, 0.3) is 0 Å². The number of carbonyl (C=O) groups is 1. The molecule has 0 bridgehead atoms. The summed E-state index contributed by atoms with van der Waals surface area (Å²) in [5.74, 6) is -0.235. The van der Waals surface area contributed by atoms with Gasteiger partial charge in [-0.2, -0.15) is 0 Å². The van der Waals surface area contributed by atoms with Crippen LogP contribution in [0, 0.1) is 0 Å². The fraction of sp³-hybridized carbons (Fsp3) is 0.625. The molecular formula is C8H12O3. The van der Waals surface area contributed by atoms with Gasteiger partial charge >= 0.3 is 5.97 Å². The van der Waals surface area contributed by atoms with E-state index in [0.29, 0.717) is 13.2 Å². The minimum atomic E-state index is -0.235. The monoisotopic (exact) mass is 156 g/mol. The van der Waals surface area contributed by atoms with Crippen LogP contribution < -0.4 is 0 Å². The zero-order valence-corrected chi connectivity index (χ0v) is 6.63. The maximum Gasteiger partial charge on any atom is 0.302 e. The van der Waals surface area contributed by atoms with E-state index in [1.165, 1.54) is 12.5 Å². The van der Waals surface area contributed by atoms with Crippen molar-refractivity contribution in [3.63, 3.8) is 0 Å². The second-order valence-electron chi connectivity index (χ2n) is 2.47. The molecule has 0 atom stereocenters. The Morgan fingerprint density at radius 2 is 2.64 bits per heavy atom. The Morgan fingerprint density at radius 1 is 1.82 bits per heavy atom. The lowest BCUT2D eigenvalue weighted by Gasteiger charge is -1.96. The van der Waals surface area contributed by atoms with Crippen LogP contribution in [0.15, 0.2) is 11.6 Å². The summed E-state index contributed by atoms with van der Waals surface area (Å²) >= 11 is 0. The Kier molecular flexibility index (Phi) is 3.11. The van der Waals surface area contributed by atoms with Gasteiger partial charge in [0.05, 0.1) is 13.2 Å². The van der Waals surface area contributed by atoms with Crippen LogP contribution in [0.3, 0.4) is 0 Å². The molecule has 11 heavy (non-hydrogen) atoms. The molecule has 0 unspecified atom stereocenters. The summed E-state index contributed by atoms with van der Waals surface area (Å²) in [6, 6.07) is 0. The molecule has 0 spiro atoms. The van der Waals surface area contributed by atoms with E-state index in [2.05, 4.69) is 0 Å². The van der Waals surface area contributed by atoms with E-state index < -0.39 is 0 Å². The van der Waals surface area contributed by atoms with Crippen LogP contribution in [0.5, 0.6) is 0 Å². The number of ether oxygens (including phenoxy) is 2. The number of hydrogen-bond donors (Lipinski definition) is 0. The fourth-order valence-electron chi connectivity index (χ4n) is 0.917. The first-order chi connectivity index (χ1) is 5.29. The molecule has 3 heteroatoms. The van der Waals surface area contributed by atoms with Crippen LogP contribution in [0.2, 0.25) is 0 Å². The van der Waals surface area contributed by atoms with Crippen molar-refractivity contribution in [2.75, 3.05) is 19.8 Å². The third kappa shape index (κ3) is 3.18. The minimum absolute atomic E-state index is 0.235. The summed E-state index contributed by atoms with van der Waals surface area (Å²) in [4.78, 5) is 10.3. The first-order valence-corrected chi connectivity index (χ1v) is 3.68. The minimum Gasteiger partial charge on any atom is -0.462 e. The first kappa shape index (κ1) is 8.27. The molecule has 1 heterocycles.